The van der Waals surface area contributed by atoms with Crippen molar-refractivity contribution >= 4 is 107 Å². The van der Waals surface area contributed by atoms with Gasteiger partial charge in [0, 0.05) is 50.8 Å². The fourth-order valence-corrected chi connectivity index (χ4v) is 15.3. The number of benzene rings is 15. The minimum atomic E-state index is -0.182. The molecule has 448 valence electrons. The second-order valence-electron chi connectivity index (χ2n) is 27.6. The first-order chi connectivity index (χ1) is 45.9. The van der Waals surface area contributed by atoms with Crippen LogP contribution >= 0.6 is 0 Å². The maximum atomic E-state index is 2.66. The van der Waals surface area contributed by atoms with E-state index in [1.165, 1.54) is 87.8 Å². The molecule has 3 nitrogen and oxygen atoms in total. The number of fused-ring (bicyclic) bond motifs is 4. The van der Waals surface area contributed by atoms with Crippen LogP contribution in [-0.4, -0.2) is 6.71 Å². The quantitative estimate of drug-likeness (QED) is 0.0998. The summed E-state index contributed by atoms with van der Waals surface area (Å²) in [6, 6.07) is 119. The van der Waals surface area contributed by atoms with Gasteiger partial charge in [-0.1, -0.05) is 278 Å². The fourth-order valence-electron chi connectivity index (χ4n) is 15.3. The van der Waals surface area contributed by atoms with Crippen molar-refractivity contribution in [1.82, 2.24) is 0 Å². The monoisotopic (exact) mass is 1200 g/mol. The zero-order chi connectivity index (χ0) is 63.4. The Hall–Kier alpha value is -11.2. The molecule has 0 aliphatic carbocycles. The third kappa shape index (κ3) is 9.50. The van der Waals surface area contributed by atoms with E-state index >= 15 is 0 Å². The van der Waals surface area contributed by atoms with E-state index in [1.54, 1.807) is 0 Å². The van der Waals surface area contributed by atoms with Gasteiger partial charge in [0.25, 0.3) is 6.71 Å². The van der Waals surface area contributed by atoms with Gasteiger partial charge in [-0.25, -0.2) is 0 Å². The van der Waals surface area contributed by atoms with Crippen LogP contribution in [0.25, 0.3) is 88.0 Å². The third-order valence-corrected chi connectivity index (χ3v) is 19.9. The lowest BCUT2D eigenvalue weighted by molar-refractivity contribution is 0.590. The molecule has 0 atom stereocenters. The summed E-state index contributed by atoms with van der Waals surface area (Å²) >= 11 is 0. The molecule has 0 fully saturated rings. The maximum Gasteiger partial charge on any atom is 0.252 e. The Morgan fingerprint density at radius 2 is 0.723 bits per heavy atom. The number of nitrogens with zero attached hydrogens (tertiary/aromatic N) is 3. The second-order valence-corrected chi connectivity index (χ2v) is 27.6. The first-order valence-corrected chi connectivity index (χ1v) is 33.1. The second kappa shape index (κ2) is 22.3. The van der Waals surface area contributed by atoms with E-state index in [1.807, 2.05) is 0 Å². The standard InChI is InChI=1S/C90H70BN3/c1-89(2,3)68-46-50-81(76(56-68)66-52-64-44-42-62-32-25-33-63-43-45-65(53-66)87(64)86(62)63)93-82-51-47-69(90(4,5)6)57-78(82)91-77-49-48-71(92(70-34-17-10-18-35-70)79-40-23-21-38-74(79)60-28-13-8-14-29-60)58-83(77)94(80-41-24-22-39-75(80)61-30-15-9-16-31-61)85-55-67(54-84(93)88(85)91)73-37-20-19-36-72(73)59-26-11-7-12-27-59/h7-58H,1-6H3. The zero-order valence-corrected chi connectivity index (χ0v) is 53.9. The summed E-state index contributed by atoms with van der Waals surface area (Å²) in [5.74, 6) is 0. The Bertz CT molecular complexity index is 5350. The molecular formula is C90H70BN3. The van der Waals surface area contributed by atoms with Crippen molar-refractivity contribution in [2.45, 2.75) is 52.4 Å². The summed E-state index contributed by atoms with van der Waals surface area (Å²) in [6.45, 7) is 13.9. The van der Waals surface area contributed by atoms with E-state index in [0.29, 0.717) is 0 Å². The van der Waals surface area contributed by atoms with E-state index in [9.17, 15) is 0 Å². The summed E-state index contributed by atoms with van der Waals surface area (Å²) in [5, 5.41) is 7.67. The van der Waals surface area contributed by atoms with Crippen LogP contribution < -0.4 is 31.1 Å². The van der Waals surface area contributed by atoms with E-state index in [4.69, 9.17) is 0 Å². The Morgan fingerprint density at radius 3 is 1.34 bits per heavy atom. The smallest absolute Gasteiger partial charge is 0.252 e. The van der Waals surface area contributed by atoms with Gasteiger partial charge in [-0.05, 0) is 188 Å². The molecule has 15 aromatic rings. The van der Waals surface area contributed by atoms with Gasteiger partial charge in [-0.15, -0.1) is 0 Å². The summed E-state index contributed by atoms with van der Waals surface area (Å²) in [7, 11) is 0. The number of anilines is 9. The van der Waals surface area contributed by atoms with E-state index < -0.39 is 0 Å². The van der Waals surface area contributed by atoms with Gasteiger partial charge in [0.05, 0.1) is 17.1 Å². The van der Waals surface area contributed by atoms with Crippen molar-refractivity contribution in [3.63, 3.8) is 0 Å². The Kier molecular flexibility index (Phi) is 13.5. The van der Waals surface area contributed by atoms with Crippen LogP contribution in [0.3, 0.4) is 0 Å². The molecule has 0 amide bonds. The number of hydrogen-bond donors (Lipinski definition) is 0. The van der Waals surface area contributed by atoms with Crippen molar-refractivity contribution in [2.24, 2.45) is 0 Å². The molecule has 0 radical (unpaired) electrons. The van der Waals surface area contributed by atoms with Crippen molar-refractivity contribution in [3.8, 4) is 55.6 Å². The molecule has 0 saturated heterocycles. The first kappa shape index (κ1) is 56.8. The normalized spacial score (nSPS) is 12.7. The van der Waals surface area contributed by atoms with E-state index in [2.05, 4.69) is 372 Å². The Balaban J connectivity index is 1.00. The Morgan fingerprint density at radius 1 is 0.266 bits per heavy atom. The lowest BCUT2D eigenvalue weighted by Crippen LogP contribution is -2.61. The average Bonchev–Trinajstić information content (AvgIpc) is 0.691. The molecule has 0 saturated carbocycles. The van der Waals surface area contributed by atoms with Crippen LogP contribution in [0.15, 0.2) is 315 Å². The lowest BCUT2D eigenvalue weighted by Gasteiger charge is -2.46. The van der Waals surface area contributed by atoms with E-state index in [-0.39, 0.29) is 17.5 Å². The first-order valence-electron chi connectivity index (χ1n) is 33.1. The van der Waals surface area contributed by atoms with Crippen LogP contribution in [0, 0.1) is 0 Å². The number of para-hydroxylation sites is 3. The van der Waals surface area contributed by atoms with Crippen molar-refractivity contribution < 1.29 is 0 Å². The van der Waals surface area contributed by atoms with Crippen LogP contribution in [0.1, 0.15) is 52.7 Å². The molecule has 2 heterocycles. The zero-order valence-electron chi connectivity index (χ0n) is 53.9. The molecule has 0 bridgehead atoms. The minimum absolute atomic E-state index is 0.134. The molecular weight excluding hydrogens is 1130 g/mol. The average molecular weight is 1200 g/mol. The van der Waals surface area contributed by atoms with Crippen LogP contribution in [0.5, 0.6) is 0 Å². The van der Waals surface area contributed by atoms with Gasteiger partial charge in [-0.2, -0.15) is 0 Å². The van der Waals surface area contributed by atoms with Crippen molar-refractivity contribution in [1.29, 1.82) is 0 Å². The van der Waals surface area contributed by atoms with Crippen LogP contribution in [-0.2, 0) is 10.8 Å². The highest BCUT2D eigenvalue weighted by molar-refractivity contribution is 7.00. The SMILES string of the molecule is CC(C)(C)c1ccc2c(c1)B1c3ccc(N(c4ccccc4)c4ccccc4-c4ccccc4)cc3N(c3ccccc3-c3ccccc3)c3cc(-c4ccccc4-c4ccccc4)cc(c31)N2c1ccc(C(C)(C)C)cc1-c1cc2ccc3cccc4ccc(c1)c2c34. The molecule has 0 spiro atoms. The van der Waals surface area contributed by atoms with Gasteiger partial charge in [0.1, 0.15) is 0 Å². The highest BCUT2D eigenvalue weighted by atomic mass is 15.2. The predicted octanol–water partition coefficient (Wildman–Crippen LogP) is 23.1. The third-order valence-electron chi connectivity index (χ3n) is 19.9. The number of hydrogen-bond acceptors (Lipinski definition) is 3. The van der Waals surface area contributed by atoms with Gasteiger partial charge in [0.15, 0.2) is 0 Å². The molecule has 0 unspecified atom stereocenters. The molecule has 0 aromatic heterocycles. The predicted molar refractivity (Wildman–Crippen MR) is 403 cm³/mol. The molecule has 4 heteroatoms. The largest absolute Gasteiger partial charge is 0.311 e. The molecule has 17 rings (SSSR count). The van der Waals surface area contributed by atoms with Crippen LogP contribution in [0.4, 0.5) is 51.2 Å². The molecule has 2 aliphatic rings. The van der Waals surface area contributed by atoms with Crippen molar-refractivity contribution in [3.05, 3.63) is 327 Å². The Labute approximate surface area is 552 Å². The minimum Gasteiger partial charge on any atom is -0.311 e. The summed E-state index contributed by atoms with van der Waals surface area (Å²) in [5.41, 5.74) is 27.8. The highest BCUT2D eigenvalue weighted by Crippen LogP contribution is 2.53. The molecule has 0 N–H and O–H groups in total. The van der Waals surface area contributed by atoms with E-state index in [0.717, 1.165) is 78.9 Å². The summed E-state index contributed by atoms with van der Waals surface area (Å²) < 4.78 is 0. The molecule has 2 aliphatic heterocycles. The fraction of sp³-hybridized carbons (Fsp3) is 0.0889. The molecule has 94 heavy (non-hydrogen) atoms. The summed E-state index contributed by atoms with van der Waals surface area (Å²) in [4.78, 5) is 7.76. The number of rotatable bonds is 10. The maximum absolute atomic E-state index is 2.66. The lowest BCUT2D eigenvalue weighted by atomic mass is 9.33. The van der Waals surface area contributed by atoms with Gasteiger partial charge in [0.2, 0.25) is 0 Å². The highest BCUT2D eigenvalue weighted by Gasteiger charge is 2.45. The molecule has 15 aromatic carbocycles. The van der Waals surface area contributed by atoms with Crippen molar-refractivity contribution in [2.75, 3.05) is 14.7 Å². The topological polar surface area (TPSA) is 9.72 Å². The van der Waals surface area contributed by atoms with Gasteiger partial charge >= 0.3 is 0 Å². The van der Waals surface area contributed by atoms with Gasteiger partial charge < -0.3 is 14.7 Å². The van der Waals surface area contributed by atoms with Crippen LogP contribution in [0.2, 0.25) is 0 Å². The van der Waals surface area contributed by atoms with Gasteiger partial charge in [-0.3, -0.25) is 0 Å². The summed E-state index contributed by atoms with van der Waals surface area (Å²) in [6.07, 6.45) is 0.